The van der Waals surface area contributed by atoms with E-state index in [0.717, 1.165) is 35.7 Å². The molecule has 7 atom stereocenters. The van der Waals surface area contributed by atoms with E-state index in [-0.39, 0.29) is 12.5 Å². The Hall–Kier alpha value is -2.85. The Morgan fingerprint density at radius 3 is 2.47 bits per heavy atom. The van der Waals surface area contributed by atoms with E-state index in [1.807, 2.05) is 6.07 Å². The highest BCUT2D eigenvalue weighted by Gasteiger charge is 2.56. The van der Waals surface area contributed by atoms with Crippen molar-refractivity contribution in [2.24, 2.45) is 28.2 Å². The third kappa shape index (κ3) is 6.16. The molecule has 7 rings (SSSR count). The summed E-state index contributed by atoms with van der Waals surface area (Å²) in [5, 5.41) is 18.6. The van der Waals surface area contributed by atoms with Crippen LogP contribution in [0.2, 0.25) is 10.0 Å². The lowest BCUT2D eigenvalue weighted by Gasteiger charge is -2.61. The van der Waals surface area contributed by atoms with Crippen LogP contribution >= 0.6 is 23.2 Å². The second-order valence-electron chi connectivity index (χ2n) is 14.1. The van der Waals surface area contributed by atoms with Gasteiger partial charge in [0.25, 0.3) is 5.56 Å². The van der Waals surface area contributed by atoms with E-state index < -0.39 is 23.9 Å². The molecule has 2 heterocycles. The molecule has 1 saturated heterocycles. The van der Waals surface area contributed by atoms with Crippen LogP contribution in [0.4, 0.5) is 5.69 Å². The fraction of sp³-hybridized carbons (Fsp3) is 0.559. The molecule has 3 aromatic rings. The van der Waals surface area contributed by atoms with Crippen molar-refractivity contribution in [1.29, 1.82) is 0 Å². The number of benzene rings is 2. The van der Waals surface area contributed by atoms with E-state index in [0.29, 0.717) is 61.8 Å². The maximum Gasteiger partial charge on any atom is 0.329 e. The Bertz CT molecular complexity index is 1730. The van der Waals surface area contributed by atoms with E-state index in [2.05, 4.69) is 55.1 Å². The number of rotatable bonds is 6. The van der Waals surface area contributed by atoms with Gasteiger partial charge in [0.05, 0.1) is 29.6 Å². The number of fused-ring (bicyclic) bond motifs is 3. The molecule has 0 radical (unpaired) electrons. The molecular weight excluding hydrogens is 611 g/mol. The monoisotopic (exact) mass is 654 g/mol. The minimum Gasteiger partial charge on any atom is -0.394 e. The molecule has 3 saturated carbocycles. The molecule has 45 heavy (non-hydrogen) atoms. The van der Waals surface area contributed by atoms with Crippen molar-refractivity contribution in [3.63, 3.8) is 0 Å². The highest BCUT2D eigenvalue weighted by atomic mass is 35.5. The Morgan fingerprint density at radius 1 is 1.09 bits per heavy atom. The van der Waals surface area contributed by atoms with Crippen LogP contribution in [-0.4, -0.2) is 63.3 Å². The molecule has 4 N–H and O–H groups in total. The van der Waals surface area contributed by atoms with Crippen molar-refractivity contribution in [3.8, 4) is 0 Å². The second kappa shape index (κ2) is 12.4. The summed E-state index contributed by atoms with van der Waals surface area (Å²) >= 11 is 12.4. The standard InChI is InChI=1S/C34H44Cl2N6O3/c1-18-15-41(16-19(2)37-18)32(39-29-12-22-11-27(20(29)3)34(22,4)5)38-24-8-9-26-30(14-24)40-33(45)42(31(26)44)25(17-43)10-21-6-7-23(35)13-28(21)36/h6-9,13-14,18-20,22,25,27,29,37,43H,10-12,15-17H2,1-5H3,(H,38,39)(H,40,45). The van der Waals surface area contributed by atoms with Crippen molar-refractivity contribution in [1.82, 2.24) is 19.8 Å². The number of nitrogens with zero attached hydrogens (tertiary/aromatic N) is 3. The van der Waals surface area contributed by atoms with Crippen LogP contribution in [0.5, 0.6) is 0 Å². The van der Waals surface area contributed by atoms with Crippen LogP contribution in [0.3, 0.4) is 0 Å². The summed E-state index contributed by atoms with van der Waals surface area (Å²) in [5.41, 5.74) is 1.16. The number of hydrogen-bond donors (Lipinski definition) is 4. The molecule has 9 nitrogen and oxygen atoms in total. The molecule has 11 heteroatoms. The predicted octanol–water partition coefficient (Wildman–Crippen LogP) is 5.29. The van der Waals surface area contributed by atoms with Crippen LogP contribution < -0.4 is 21.9 Å². The zero-order valence-corrected chi connectivity index (χ0v) is 28.1. The molecule has 4 fully saturated rings. The van der Waals surface area contributed by atoms with Crippen molar-refractivity contribution >= 4 is 45.8 Å². The minimum absolute atomic E-state index is 0.195. The van der Waals surface area contributed by atoms with Gasteiger partial charge in [-0.05, 0) is 92.2 Å². The van der Waals surface area contributed by atoms with E-state index in [4.69, 9.17) is 28.2 Å². The Labute approximate surface area is 274 Å². The summed E-state index contributed by atoms with van der Waals surface area (Å²) in [5.74, 6) is 2.70. The minimum atomic E-state index is -0.800. The number of aromatic nitrogens is 2. The quantitative estimate of drug-likeness (QED) is 0.212. The highest BCUT2D eigenvalue weighted by Crippen LogP contribution is 2.61. The number of guanidine groups is 1. The first-order valence-corrected chi connectivity index (χ1v) is 16.8. The van der Waals surface area contributed by atoms with Gasteiger partial charge in [0, 0.05) is 40.9 Å². The highest BCUT2D eigenvalue weighted by molar-refractivity contribution is 6.35. The molecule has 2 aromatic carbocycles. The number of aliphatic imine (C=N–C) groups is 1. The van der Waals surface area contributed by atoms with Crippen molar-refractivity contribution < 1.29 is 5.11 Å². The molecule has 0 spiro atoms. The molecule has 242 valence electrons. The number of hydrogen-bond acceptors (Lipinski definition) is 5. The summed E-state index contributed by atoms with van der Waals surface area (Å²) in [6.07, 6.45) is 2.58. The number of aromatic amines is 1. The average molecular weight is 656 g/mol. The largest absolute Gasteiger partial charge is 0.394 e. The van der Waals surface area contributed by atoms with E-state index >= 15 is 0 Å². The maximum atomic E-state index is 13.6. The first-order valence-electron chi connectivity index (χ1n) is 16.0. The van der Waals surface area contributed by atoms with Gasteiger partial charge >= 0.3 is 5.69 Å². The molecule has 7 unspecified atom stereocenters. The fourth-order valence-corrected chi connectivity index (χ4v) is 8.58. The Balaban J connectivity index is 1.31. The molecule has 2 bridgehead atoms. The topological polar surface area (TPSA) is 115 Å². The molecule has 1 aliphatic heterocycles. The van der Waals surface area contributed by atoms with E-state index in [1.54, 1.807) is 30.3 Å². The number of aliphatic hydroxyl groups excluding tert-OH is 1. The smallest absolute Gasteiger partial charge is 0.329 e. The zero-order chi connectivity index (χ0) is 32.2. The summed E-state index contributed by atoms with van der Waals surface area (Å²) < 4.78 is 1.08. The van der Waals surface area contributed by atoms with Gasteiger partial charge in [0.2, 0.25) is 0 Å². The summed E-state index contributed by atoms with van der Waals surface area (Å²) in [7, 11) is 0. The first kappa shape index (κ1) is 32.1. The lowest BCUT2D eigenvalue weighted by Crippen LogP contribution is -2.59. The average Bonchev–Trinajstić information content (AvgIpc) is 2.97. The number of anilines is 1. The van der Waals surface area contributed by atoms with Crippen LogP contribution in [0.1, 0.15) is 59.1 Å². The molecular formula is C34H44Cl2N6O3. The normalized spacial score (nSPS) is 28.5. The van der Waals surface area contributed by atoms with Gasteiger partial charge in [0.1, 0.15) is 0 Å². The molecule has 0 amide bonds. The summed E-state index contributed by atoms with van der Waals surface area (Å²) in [6, 6.07) is 10.5. The fourth-order valence-electron chi connectivity index (χ4n) is 8.09. The zero-order valence-electron chi connectivity index (χ0n) is 26.6. The van der Waals surface area contributed by atoms with Crippen LogP contribution in [0, 0.1) is 23.2 Å². The van der Waals surface area contributed by atoms with Gasteiger partial charge in [-0.3, -0.25) is 9.36 Å². The number of H-pyrrole nitrogens is 1. The van der Waals surface area contributed by atoms with Crippen LogP contribution in [-0.2, 0) is 6.42 Å². The van der Waals surface area contributed by atoms with Gasteiger partial charge in [-0.1, -0.05) is 50.0 Å². The van der Waals surface area contributed by atoms with Crippen molar-refractivity contribution in [2.75, 3.05) is 25.0 Å². The van der Waals surface area contributed by atoms with E-state index in [1.165, 1.54) is 6.42 Å². The van der Waals surface area contributed by atoms with Crippen LogP contribution in [0.25, 0.3) is 10.9 Å². The summed E-state index contributed by atoms with van der Waals surface area (Å²) in [6.45, 7) is 12.8. The van der Waals surface area contributed by atoms with Crippen molar-refractivity contribution in [2.45, 2.75) is 78.0 Å². The van der Waals surface area contributed by atoms with Gasteiger partial charge in [-0.2, -0.15) is 0 Å². The summed E-state index contributed by atoms with van der Waals surface area (Å²) in [4.78, 5) is 37.5. The molecule has 4 aliphatic rings. The van der Waals surface area contributed by atoms with Gasteiger partial charge < -0.3 is 25.6 Å². The number of aliphatic hydroxyl groups is 1. The number of nitrogens with one attached hydrogen (secondary N) is 3. The van der Waals surface area contributed by atoms with Gasteiger partial charge in [0.15, 0.2) is 5.96 Å². The van der Waals surface area contributed by atoms with Crippen LogP contribution in [0.15, 0.2) is 51.0 Å². The predicted molar refractivity (Wildman–Crippen MR) is 183 cm³/mol. The maximum absolute atomic E-state index is 13.6. The number of piperazine rings is 1. The first-order chi connectivity index (χ1) is 21.3. The number of halogens is 2. The molecule has 1 aromatic heterocycles. The lowest BCUT2D eigenvalue weighted by atomic mass is 9.45. The van der Waals surface area contributed by atoms with Gasteiger partial charge in [-0.25, -0.2) is 9.79 Å². The van der Waals surface area contributed by atoms with Gasteiger partial charge in [-0.15, -0.1) is 0 Å². The SMILES string of the molecule is CC1CN(C(=NC2CC3CC(C2C)C3(C)C)Nc2ccc3c(=O)n(C(CO)Cc4ccc(Cl)cc4Cl)c(=O)[nH]c3c2)CC(C)N1. The third-order valence-corrected chi connectivity index (χ3v) is 11.3. The van der Waals surface area contributed by atoms with E-state index in [9.17, 15) is 14.7 Å². The van der Waals surface area contributed by atoms with Crippen molar-refractivity contribution in [3.05, 3.63) is 72.8 Å². The molecule has 3 aliphatic carbocycles. The Morgan fingerprint density at radius 2 is 1.82 bits per heavy atom. The second-order valence-corrected chi connectivity index (χ2v) is 15.0. The lowest BCUT2D eigenvalue weighted by molar-refractivity contribution is -0.108. The Kier molecular flexibility index (Phi) is 8.84. The third-order valence-electron chi connectivity index (χ3n) is 10.7.